The summed E-state index contributed by atoms with van der Waals surface area (Å²) >= 11 is 3.46. The molecule has 1 amide bonds. The summed E-state index contributed by atoms with van der Waals surface area (Å²) in [5.41, 5.74) is 4.48. The lowest BCUT2D eigenvalue weighted by atomic mass is 10.1. The number of fused-ring (bicyclic) bond motifs is 1. The minimum atomic E-state index is 0.111. The summed E-state index contributed by atoms with van der Waals surface area (Å²) in [6.07, 6.45) is 1.31. The topological polar surface area (TPSA) is 45.7 Å². The second-order valence-corrected chi connectivity index (χ2v) is 11.8. The molecule has 0 aliphatic carbocycles. The van der Waals surface area contributed by atoms with Crippen molar-refractivity contribution in [1.82, 2.24) is 9.88 Å². The van der Waals surface area contributed by atoms with Gasteiger partial charge in [-0.05, 0) is 55.2 Å². The van der Waals surface area contributed by atoms with E-state index in [0.717, 1.165) is 60.2 Å². The van der Waals surface area contributed by atoms with Crippen LogP contribution in [-0.4, -0.2) is 60.4 Å². The maximum atomic E-state index is 13.5. The predicted molar refractivity (Wildman–Crippen MR) is 144 cm³/mol. The number of aromatic nitrogens is 1. The zero-order valence-corrected chi connectivity index (χ0v) is 22.3. The van der Waals surface area contributed by atoms with Crippen LogP contribution in [0.2, 0.25) is 0 Å². The number of nitrogens with zero attached hydrogens (tertiary/aromatic N) is 3. The van der Waals surface area contributed by atoms with Crippen molar-refractivity contribution in [2.75, 3.05) is 44.3 Å². The number of carbonyl (C=O) groups excluding carboxylic acids is 1. The Morgan fingerprint density at radius 2 is 1.88 bits per heavy atom. The lowest BCUT2D eigenvalue weighted by molar-refractivity contribution is -0.118. The Hall–Kier alpha value is -1.93. The highest BCUT2D eigenvalue weighted by Gasteiger charge is 2.21. The molecule has 0 atom stereocenters. The standard InChI is InChI=1S/C27H35N3O2S2/c1-19(2)33-23-9-7-22(8-10-23)18-25(31)30(13-5-12-29-14-16-32-17-15-29)27-28-26-21(4)20(3)6-11-24(26)34-27/h6-11,19H,5,12-18H2,1-4H3. The number of rotatable bonds is 9. The van der Waals surface area contributed by atoms with Gasteiger partial charge in [0.2, 0.25) is 5.91 Å². The Bertz CT molecular complexity index is 1110. The van der Waals surface area contributed by atoms with E-state index in [-0.39, 0.29) is 5.91 Å². The Morgan fingerprint density at radius 3 is 2.59 bits per heavy atom. The number of hydrogen-bond donors (Lipinski definition) is 0. The van der Waals surface area contributed by atoms with Gasteiger partial charge in [0, 0.05) is 36.3 Å². The lowest BCUT2D eigenvalue weighted by Gasteiger charge is -2.27. The van der Waals surface area contributed by atoms with Gasteiger partial charge in [0.15, 0.2) is 5.13 Å². The molecular weight excluding hydrogens is 462 g/mol. The molecule has 2 aromatic carbocycles. The molecule has 0 spiro atoms. The summed E-state index contributed by atoms with van der Waals surface area (Å²) in [5, 5.41) is 1.35. The summed E-state index contributed by atoms with van der Waals surface area (Å²) < 4.78 is 6.61. The van der Waals surface area contributed by atoms with E-state index >= 15 is 0 Å². The molecule has 3 aromatic rings. The first-order chi connectivity index (χ1) is 16.4. The van der Waals surface area contributed by atoms with Crippen LogP contribution in [0.4, 0.5) is 5.13 Å². The molecule has 34 heavy (non-hydrogen) atoms. The van der Waals surface area contributed by atoms with Gasteiger partial charge < -0.3 is 4.74 Å². The molecule has 5 nitrogen and oxygen atoms in total. The van der Waals surface area contributed by atoms with Crippen molar-refractivity contribution < 1.29 is 9.53 Å². The second-order valence-electron chi connectivity index (χ2n) is 9.19. The number of hydrogen-bond acceptors (Lipinski definition) is 6. The van der Waals surface area contributed by atoms with Crippen LogP contribution in [0.3, 0.4) is 0 Å². The SMILES string of the molecule is Cc1ccc2sc(N(CCCN3CCOCC3)C(=O)Cc3ccc(SC(C)C)cc3)nc2c1C. The molecule has 1 aliphatic heterocycles. The van der Waals surface area contributed by atoms with Gasteiger partial charge in [-0.1, -0.05) is 43.4 Å². The number of thioether (sulfide) groups is 1. The summed E-state index contributed by atoms with van der Waals surface area (Å²) in [6.45, 7) is 13.8. The van der Waals surface area contributed by atoms with Crippen LogP contribution < -0.4 is 4.90 Å². The minimum Gasteiger partial charge on any atom is -0.379 e. The van der Waals surface area contributed by atoms with Crippen LogP contribution in [0.5, 0.6) is 0 Å². The lowest BCUT2D eigenvalue weighted by Crippen LogP contribution is -2.39. The van der Waals surface area contributed by atoms with Crippen LogP contribution in [0, 0.1) is 13.8 Å². The third-order valence-electron chi connectivity index (χ3n) is 6.22. The van der Waals surface area contributed by atoms with Gasteiger partial charge in [0.05, 0.1) is 29.9 Å². The van der Waals surface area contributed by atoms with Gasteiger partial charge in [-0.25, -0.2) is 4.98 Å². The van der Waals surface area contributed by atoms with Gasteiger partial charge in [-0.3, -0.25) is 14.6 Å². The van der Waals surface area contributed by atoms with E-state index in [0.29, 0.717) is 18.2 Å². The quantitative estimate of drug-likeness (QED) is 0.354. The fourth-order valence-corrected chi connectivity index (χ4v) is 6.07. The van der Waals surface area contributed by atoms with Crippen LogP contribution in [0.15, 0.2) is 41.3 Å². The number of carbonyl (C=O) groups is 1. The average molecular weight is 498 g/mol. The second kappa shape index (κ2) is 11.7. The maximum Gasteiger partial charge on any atom is 0.233 e. The molecule has 7 heteroatoms. The molecule has 1 aliphatic rings. The Morgan fingerprint density at radius 1 is 1.15 bits per heavy atom. The molecule has 1 aromatic heterocycles. The van der Waals surface area contributed by atoms with Crippen molar-refractivity contribution in [2.45, 2.75) is 50.7 Å². The zero-order chi connectivity index (χ0) is 24.1. The van der Waals surface area contributed by atoms with Gasteiger partial charge in [0.1, 0.15) is 0 Å². The fraction of sp³-hybridized carbons (Fsp3) is 0.481. The van der Waals surface area contributed by atoms with Crippen molar-refractivity contribution in [3.63, 3.8) is 0 Å². The molecule has 0 saturated carbocycles. The molecule has 0 bridgehead atoms. The van der Waals surface area contributed by atoms with E-state index in [4.69, 9.17) is 9.72 Å². The van der Waals surface area contributed by atoms with E-state index in [1.807, 2.05) is 16.7 Å². The van der Waals surface area contributed by atoms with Gasteiger partial charge in [0.25, 0.3) is 0 Å². The van der Waals surface area contributed by atoms with Gasteiger partial charge >= 0.3 is 0 Å². The molecule has 0 radical (unpaired) electrons. The Balaban J connectivity index is 1.51. The molecule has 182 valence electrons. The van der Waals surface area contributed by atoms with E-state index in [2.05, 4.69) is 69.0 Å². The summed E-state index contributed by atoms with van der Waals surface area (Å²) in [6, 6.07) is 12.7. The Kier molecular flexibility index (Phi) is 8.64. The minimum absolute atomic E-state index is 0.111. The van der Waals surface area contributed by atoms with Crippen molar-refractivity contribution in [2.24, 2.45) is 0 Å². The third-order valence-corrected chi connectivity index (χ3v) is 8.28. The van der Waals surface area contributed by atoms with Crippen LogP contribution in [0.25, 0.3) is 10.2 Å². The third kappa shape index (κ3) is 6.39. The number of ether oxygens (including phenoxy) is 1. The highest BCUT2D eigenvalue weighted by Crippen LogP contribution is 2.32. The number of morpholine rings is 1. The highest BCUT2D eigenvalue weighted by atomic mass is 32.2. The average Bonchev–Trinajstić information content (AvgIpc) is 3.25. The molecule has 2 heterocycles. The van der Waals surface area contributed by atoms with E-state index in [9.17, 15) is 4.79 Å². The molecular formula is C27H35N3O2S2. The van der Waals surface area contributed by atoms with Gasteiger partial charge in [-0.15, -0.1) is 11.8 Å². The number of amides is 1. The summed E-state index contributed by atoms with van der Waals surface area (Å²) in [5.74, 6) is 0.111. The fourth-order valence-electron chi connectivity index (χ4n) is 4.16. The Labute approximate surface area is 211 Å². The number of benzene rings is 2. The van der Waals surface area contributed by atoms with E-state index < -0.39 is 0 Å². The monoisotopic (exact) mass is 497 g/mol. The van der Waals surface area contributed by atoms with Crippen molar-refractivity contribution >= 4 is 44.4 Å². The number of anilines is 1. The first-order valence-corrected chi connectivity index (χ1v) is 13.8. The molecule has 0 unspecified atom stereocenters. The van der Waals surface area contributed by atoms with Gasteiger partial charge in [-0.2, -0.15) is 0 Å². The predicted octanol–water partition coefficient (Wildman–Crippen LogP) is 5.71. The molecule has 0 N–H and O–H groups in total. The van der Waals surface area contributed by atoms with Crippen LogP contribution in [-0.2, 0) is 16.0 Å². The first kappa shape index (κ1) is 25.2. The zero-order valence-electron chi connectivity index (χ0n) is 20.7. The molecule has 4 rings (SSSR count). The molecule has 1 saturated heterocycles. The summed E-state index contributed by atoms with van der Waals surface area (Å²) in [4.78, 5) is 24.0. The normalized spacial score (nSPS) is 14.7. The van der Waals surface area contributed by atoms with Crippen molar-refractivity contribution in [3.05, 3.63) is 53.1 Å². The van der Waals surface area contributed by atoms with Crippen LogP contribution in [0.1, 0.15) is 37.0 Å². The largest absolute Gasteiger partial charge is 0.379 e. The van der Waals surface area contributed by atoms with Crippen LogP contribution >= 0.6 is 23.1 Å². The number of aryl methyl sites for hydroxylation is 2. The molecule has 1 fully saturated rings. The smallest absolute Gasteiger partial charge is 0.233 e. The first-order valence-electron chi connectivity index (χ1n) is 12.1. The maximum absolute atomic E-state index is 13.5. The highest BCUT2D eigenvalue weighted by molar-refractivity contribution is 7.99. The van der Waals surface area contributed by atoms with E-state index in [1.165, 1.54) is 16.0 Å². The van der Waals surface area contributed by atoms with E-state index in [1.54, 1.807) is 11.3 Å². The van der Waals surface area contributed by atoms with Crippen molar-refractivity contribution in [1.29, 1.82) is 0 Å². The summed E-state index contributed by atoms with van der Waals surface area (Å²) in [7, 11) is 0. The number of thiazole rings is 1. The van der Waals surface area contributed by atoms with Crippen molar-refractivity contribution in [3.8, 4) is 0 Å².